The summed E-state index contributed by atoms with van der Waals surface area (Å²) in [4.78, 5) is 11.2. The SMILES string of the molecule is Cc1cc(NC2CCN(c3ncccc3C#N)CC2)n2nc(C)c(C)c2n1. The number of rotatable bonds is 3. The second-order valence-corrected chi connectivity index (χ2v) is 7.12. The Hall–Kier alpha value is -3.14. The van der Waals surface area contributed by atoms with Gasteiger partial charge in [-0.25, -0.2) is 9.97 Å². The van der Waals surface area contributed by atoms with Gasteiger partial charge in [0.2, 0.25) is 0 Å². The van der Waals surface area contributed by atoms with E-state index in [1.54, 1.807) is 12.3 Å². The molecular formula is C20H23N7. The minimum atomic E-state index is 0.352. The molecule has 0 spiro atoms. The van der Waals surface area contributed by atoms with Crippen LogP contribution in [0.2, 0.25) is 0 Å². The van der Waals surface area contributed by atoms with E-state index in [2.05, 4.69) is 44.3 Å². The maximum Gasteiger partial charge on any atom is 0.160 e. The van der Waals surface area contributed by atoms with E-state index in [0.29, 0.717) is 11.6 Å². The van der Waals surface area contributed by atoms with Crippen molar-refractivity contribution in [1.29, 1.82) is 5.26 Å². The Bertz CT molecular complexity index is 1020. The van der Waals surface area contributed by atoms with Crippen LogP contribution in [-0.2, 0) is 0 Å². The largest absolute Gasteiger partial charge is 0.367 e. The Kier molecular flexibility index (Phi) is 4.40. The summed E-state index contributed by atoms with van der Waals surface area (Å²) in [5, 5.41) is 17.6. The van der Waals surface area contributed by atoms with Crippen LogP contribution in [0, 0.1) is 32.1 Å². The van der Waals surface area contributed by atoms with Gasteiger partial charge in [0.05, 0.1) is 11.3 Å². The van der Waals surface area contributed by atoms with Gasteiger partial charge in [0.1, 0.15) is 17.7 Å². The smallest absolute Gasteiger partial charge is 0.160 e. The van der Waals surface area contributed by atoms with Crippen molar-refractivity contribution in [3.05, 3.63) is 46.9 Å². The first-order valence-electron chi connectivity index (χ1n) is 9.27. The van der Waals surface area contributed by atoms with Crippen LogP contribution in [0.15, 0.2) is 24.4 Å². The summed E-state index contributed by atoms with van der Waals surface area (Å²) in [7, 11) is 0. The summed E-state index contributed by atoms with van der Waals surface area (Å²) in [5.41, 5.74) is 4.66. The first-order valence-corrected chi connectivity index (χ1v) is 9.27. The summed E-state index contributed by atoms with van der Waals surface area (Å²) in [6.07, 6.45) is 3.70. The van der Waals surface area contributed by atoms with Gasteiger partial charge in [-0.2, -0.15) is 14.9 Å². The highest BCUT2D eigenvalue weighted by Gasteiger charge is 2.23. The zero-order valence-corrected chi connectivity index (χ0v) is 15.9. The van der Waals surface area contributed by atoms with E-state index >= 15 is 0 Å². The van der Waals surface area contributed by atoms with Crippen LogP contribution >= 0.6 is 0 Å². The van der Waals surface area contributed by atoms with E-state index in [0.717, 1.165) is 60.2 Å². The molecule has 0 amide bonds. The number of nitrogens with zero attached hydrogens (tertiary/aromatic N) is 6. The molecule has 138 valence electrons. The van der Waals surface area contributed by atoms with Gasteiger partial charge in [0, 0.05) is 42.7 Å². The highest BCUT2D eigenvalue weighted by Crippen LogP contribution is 2.24. The van der Waals surface area contributed by atoms with Gasteiger partial charge >= 0.3 is 0 Å². The molecule has 27 heavy (non-hydrogen) atoms. The lowest BCUT2D eigenvalue weighted by molar-refractivity contribution is 0.521. The number of nitriles is 1. The molecule has 4 heterocycles. The van der Waals surface area contributed by atoms with Crippen molar-refractivity contribution < 1.29 is 0 Å². The zero-order valence-electron chi connectivity index (χ0n) is 15.9. The number of anilines is 2. The van der Waals surface area contributed by atoms with Gasteiger partial charge in [0.15, 0.2) is 5.65 Å². The van der Waals surface area contributed by atoms with Gasteiger partial charge in [-0.1, -0.05) is 0 Å². The Balaban J connectivity index is 1.51. The van der Waals surface area contributed by atoms with Crippen LogP contribution in [-0.4, -0.2) is 38.7 Å². The first kappa shape index (κ1) is 17.3. The van der Waals surface area contributed by atoms with Crippen molar-refractivity contribution in [3.63, 3.8) is 0 Å². The molecule has 3 aromatic rings. The van der Waals surface area contributed by atoms with E-state index in [-0.39, 0.29) is 0 Å². The molecule has 1 saturated heterocycles. The number of pyridine rings is 1. The highest BCUT2D eigenvalue weighted by atomic mass is 15.3. The number of aromatic nitrogens is 4. The Labute approximate surface area is 158 Å². The number of aryl methyl sites for hydroxylation is 3. The quantitative estimate of drug-likeness (QED) is 0.772. The van der Waals surface area contributed by atoms with Gasteiger partial charge < -0.3 is 10.2 Å². The average Bonchev–Trinajstić information content (AvgIpc) is 2.97. The lowest BCUT2D eigenvalue weighted by atomic mass is 10.0. The molecule has 0 bridgehead atoms. The fourth-order valence-corrected chi connectivity index (χ4v) is 3.63. The molecule has 7 nitrogen and oxygen atoms in total. The van der Waals surface area contributed by atoms with Crippen molar-refractivity contribution in [1.82, 2.24) is 19.6 Å². The third-order valence-corrected chi connectivity index (χ3v) is 5.24. The topological polar surface area (TPSA) is 82.1 Å². The molecule has 0 aromatic carbocycles. The lowest BCUT2D eigenvalue weighted by Crippen LogP contribution is -2.40. The molecule has 0 atom stereocenters. The van der Waals surface area contributed by atoms with Crippen LogP contribution in [0.5, 0.6) is 0 Å². The molecule has 4 rings (SSSR count). The third kappa shape index (κ3) is 3.19. The maximum absolute atomic E-state index is 9.30. The fraction of sp³-hybridized carbons (Fsp3) is 0.400. The van der Waals surface area contributed by atoms with Gasteiger partial charge in [0.25, 0.3) is 0 Å². The normalized spacial score (nSPS) is 15.1. The summed E-state index contributed by atoms with van der Waals surface area (Å²) >= 11 is 0. The van der Waals surface area contributed by atoms with Crippen molar-refractivity contribution in [2.75, 3.05) is 23.3 Å². The van der Waals surface area contributed by atoms with Crippen molar-refractivity contribution in [3.8, 4) is 6.07 Å². The van der Waals surface area contributed by atoms with Crippen molar-refractivity contribution >= 4 is 17.3 Å². The molecule has 0 unspecified atom stereocenters. The summed E-state index contributed by atoms with van der Waals surface area (Å²) in [6.45, 7) is 7.83. The summed E-state index contributed by atoms with van der Waals surface area (Å²) in [5.74, 6) is 1.78. The average molecular weight is 361 g/mol. The lowest BCUT2D eigenvalue weighted by Gasteiger charge is -2.34. The first-order chi connectivity index (χ1) is 13.1. The zero-order chi connectivity index (χ0) is 19.0. The maximum atomic E-state index is 9.30. The van der Waals surface area contributed by atoms with Gasteiger partial charge in [-0.05, 0) is 45.7 Å². The van der Waals surface area contributed by atoms with Crippen LogP contribution in [0.3, 0.4) is 0 Å². The Morgan fingerprint density at radius 3 is 2.74 bits per heavy atom. The number of piperidine rings is 1. The molecule has 1 N–H and O–H groups in total. The molecular weight excluding hydrogens is 338 g/mol. The van der Waals surface area contributed by atoms with Gasteiger partial charge in [-0.3, -0.25) is 0 Å². The molecule has 0 aliphatic carbocycles. The van der Waals surface area contributed by atoms with Crippen molar-refractivity contribution in [2.45, 2.75) is 39.7 Å². The van der Waals surface area contributed by atoms with Crippen LogP contribution in [0.4, 0.5) is 11.6 Å². The molecule has 7 heteroatoms. The van der Waals surface area contributed by atoms with E-state index in [1.165, 1.54) is 0 Å². The molecule has 0 radical (unpaired) electrons. The van der Waals surface area contributed by atoms with Crippen LogP contribution in [0.1, 0.15) is 35.4 Å². The minimum absolute atomic E-state index is 0.352. The fourth-order valence-electron chi connectivity index (χ4n) is 3.63. The van der Waals surface area contributed by atoms with E-state index < -0.39 is 0 Å². The standard InChI is InChI=1S/C20H23N7/c1-13-11-18(27-19(23-13)14(2)15(3)25-27)24-17-6-9-26(10-7-17)20-16(12-21)5-4-8-22-20/h4-5,8,11,17,24H,6-7,9-10H2,1-3H3. The molecule has 1 fully saturated rings. The van der Waals surface area contributed by atoms with E-state index in [9.17, 15) is 5.26 Å². The monoisotopic (exact) mass is 361 g/mol. The number of hydrogen-bond donors (Lipinski definition) is 1. The molecule has 0 saturated carbocycles. The van der Waals surface area contributed by atoms with Crippen molar-refractivity contribution in [2.24, 2.45) is 0 Å². The number of fused-ring (bicyclic) bond motifs is 1. The van der Waals surface area contributed by atoms with E-state index in [4.69, 9.17) is 0 Å². The van der Waals surface area contributed by atoms with E-state index in [1.807, 2.05) is 24.4 Å². The molecule has 1 aliphatic rings. The van der Waals surface area contributed by atoms with Crippen LogP contribution in [0.25, 0.3) is 5.65 Å². The summed E-state index contributed by atoms with van der Waals surface area (Å²) < 4.78 is 1.91. The van der Waals surface area contributed by atoms with Gasteiger partial charge in [-0.15, -0.1) is 0 Å². The second kappa shape index (κ2) is 6.88. The number of nitrogens with one attached hydrogen (secondary N) is 1. The predicted octanol–water partition coefficient (Wildman–Crippen LogP) is 3.00. The third-order valence-electron chi connectivity index (χ3n) is 5.24. The predicted molar refractivity (Wildman–Crippen MR) is 105 cm³/mol. The summed E-state index contributed by atoms with van der Waals surface area (Å²) in [6, 6.07) is 8.28. The Morgan fingerprint density at radius 1 is 1.22 bits per heavy atom. The Morgan fingerprint density at radius 2 is 2.00 bits per heavy atom. The molecule has 1 aliphatic heterocycles. The molecule has 3 aromatic heterocycles. The highest BCUT2D eigenvalue weighted by molar-refractivity contribution is 5.57. The second-order valence-electron chi connectivity index (χ2n) is 7.12. The minimum Gasteiger partial charge on any atom is -0.367 e. The number of hydrogen-bond acceptors (Lipinski definition) is 6. The van der Waals surface area contributed by atoms with Crippen LogP contribution < -0.4 is 10.2 Å².